The van der Waals surface area contributed by atoms with Crippen LogP contribution in [0.2, 0.25) is 0 Å². The second-order valence-electron chi connectivity index (χ2n) is 7.15. The number of benzene rings is 3. The Morgan fingerprint density at radius 2 is 1.48 bits per heavy atom. The van der Waals surface area contributed by atoms with Crippen molar-refractivity contribution in [3.05, 3.63) is 90.2 Å². The molecule has 1 aliphatic heterocycles. The molecule has 5 rings (SSSR count). The molecule has 142 valence electrons. The Labute approximate surface area is 170 Å². The molecule has 0 fully saturated rings. The fraction of sp³-hybridized carbons (Fsp3) is 0.0417. The number of fused-ring (bicyclic) bond motifs is 3. The third kappa shape index (κ3) is 2.90. The zero-order chi connectivity index (χ0) is 20.0. The lowest BCUT2D eigenvalue weighted by Gasteiger charge is -2.28. The van der Waals surface area contributed by atoms with Gasteiger partial charge in [-0.2, -0.15) is 0 Å². The Bertz CT molecular complexity index is 1280. The van der Waals surface area contributed by atoms with Crippen LogP contribution in [-0.4, -0.2) is 10.2 Å². The fourth-order valence-corrected chi connectivity index (χ4v) is 8.82. The lowest BCUT2D eigenvalue weighted by Crippen LogP contribution is -2.22. The van der Waals surface area contributed by atoms with Gasteiger partial charge in [0.05, 0.1) is 10.3 Å². The average molecular weight is 416 g/mol. The van der Waals surface area contributed by atoms with E-state index < -0.39 is 7.14 Å². The van der Waals surface area contributed by atoms with Gasteiger partial charge in [-0.05, 0) is 40.2 Å². The highest BCUT2D eigenvalue weighted by molar-refractivity contribution is 7.84. The van der Waals surface area contributed by atoms with Crippen LogP contribution in [0, 0.1) is 0 Å². The van der Waals surface area contributed by atoms with Gasteiger partial charge in [0.15, 0.2) is 7.14 Å². The molecule has 0 spiro atoms. The van der Waals surface area contributed by atoms with Crippen molar-refractivity contribution in [3.8, 4) is 33.8 Å². The van der Waals surface area contributed by atoms with Gasteiger partial charge in [0.25, 0.3) is 0 Å². The van der Waals surface area contributed by atoms with Gasteiger partial charge in [0, 0.05) is 11.7 Å². The molecular formula is C24H18O3P2. The molecule has 2 heterocycles. The molecule has 1 atom stereocenters. The van der Waals surface area contributed by atoms with Gasteiger partial charge in [0.1, 0.15) is 11.5 Å². The molecule has 0 radical (unpaired) electrons. The van der Waals surface area contributed by atoms with E-state index in [-0.39, 0.29) is 11.5 Å². The van der Waals surface area contributed by atoms with E-state index >= 15 is 0 Å². The molecule has 29 heavy (non-hydrogen) atoms. The quantitative estimate of drug-likeness (QED) is 0.319. The van der Waals surface area contributed by atoms with Gasteiger partial charge < -0.3 is 14.8 Å². The van der Waals surface area contributed by atoms with Crippen LogP contribution >= 0.6 is 15.3 Å². The van der Waals surface area contributed by atoms with Gasteiger partial charge in [-0.3, -0.25) is 0 Å². The van der Waals surface area contributed by atoms with E-state index in [1.807, 2.05) is 66.5 Å². The van der Waals surface area contributed by atoms with Crippen LogP contribution in [0.15, 0.2) is 84.7 Å². The van der Waals surface area contributed by atoms with E-state index in [4.69, 9.17) is 0 Å². The first-order chi connectivity index (χ1) is 14.1. The fourth-order valence-electron chi connectivity index (χ4n) is 4.03. The summed E-state index contributed by atoms with van der Waals surface area (Å²) in [5.74, 6) is 1.95. The number of rotatable bonds is 2. The average Bonchev–Trinajstić information content (AvgIpc) is 2.76. The van der Waals surface area contributed by atoms with Crippen molar-refractivity contribution in [1.29, 1.82) is 0 Å². The SMILES string of the molecule is O=P1(c2cc(O)c(-c3ccccc3)cc2O)Cc2ccccc2-c2cccpc21. The number of phenols is 2. The molecule has 0 saturated carbocycles. The van der Waals surface area contributed by atoms with Gasteiger partial charge in [-0.1, -0.05) is 74.9 Å². The summed E-state index contributed by atoms with van der Waals surface area (Å²) in [6, 6.07) is 24.3. The molecule has 1 aliphatic rings. The van der Waals surface area contributed by atoms with Crippen LogP contribution in [0.1, 0.15) is 5.56 Å². The Morgan fingerprint density at radius 3 is 2.31 bits per heavy atom. The lowest BCUT2D eigenvalue weighted by atomic mass is 10.0. The van der Waals surface area contributed by atoms with Crippen molar-refractivity contribution < 1.29 is 14.8 Å². The van der Waals surface area contributed by atoms with Crippen LogP contribution < -0.4 is 10.3 Å². The summed E-state index contributed by atoms with van der Waals surface area (Å²) in [5, 5.41) is 22.8. The molecule has 3 nitrogen and oxygen atoms in total. The van der Waals surface area contributed by atoms with Gasteiger partial charge in [-0.25, -0.2) is 0 Å². The second kappa shape index (κ2) is 6.88. The second-order valence-corrected chi connectivity index (χ2v) is 11.2. The Hall–Kier alpha value is -2.86. The molecule has 1 unspecified atom stereocenters. The maximum Gasteiger partial charge on any atom is 0.156 e. The zero-order valence-corrected chi connectivity index (χ0v) is 17.3. The zero-order valence-electron chi connectivity index (χ0n) is 15.5. The smallest absolute Gasteiger partial charge is 0.156 e. The summed E-state index contributed by atoms with van der Waals surface area (Å²) in [5.41, 5.74) is 4.38. The highest BCUT2D eigenvalue weighted by Gasteiger charge is 2.38. The highest BCUT2D eigenvalue weighted by atomic mass is 31.2. The predicted molar refractivity (Wildman–Crippen MR) is 120 cm³/mol. The van der Waals surface area contributed by atoms with E-state index in [1.54, 1.807) is 0 Å². The van der Waals surface area contributed by atoms with Crippen LogP contribution in [0.25, 0.3) is 22.3 Å². The third-order valence-corrected chi connectivity index (χ3v) is 10.4. The molecular weight excluding hydrogens is 398 g/mol. The lowest BCUT2D eigenvalue weighted by molar-refractivity contribution is 0.465. The highest BCUT2D eigenvalue weighted by Crippen LogP contribution is 2.57. The minimum atomic E-state index is -3.13. The minimum absolute atomic E-state index is 0.0206. The summed E-state index contributed by atoms with van der Waals surface area (Å²) < 4.78 is 14.4. The number of aromatic hydroxyl groups is 2. The molecule has 3 aromatic carbocycles. The maximum atomic E-state index is 14.4. The summed E-state index contributed by atoms with van der Waals surface area (Å²) in [6.07, 6.45) is 0.342. The summed E-state index contributed by atoms with van der Waals surface area (Å²) >= 11 is 0. The molecule has 0 saturated heterocycles. The normalized spacial score (nSPS) is 17.7. The molecule has 2 N–H and O–H groups in total. The molecule has 4 aromatic rings. The molecule has 0 bridgehead atoms. The van der Waals surface area contributed by atoms with Gasteiger partial charge in [0.2, 0.25) is 0 Å². The minimum Gasteiger partial charge on any atom is -0.507 e. The summed E-state index contributed by atoms with van der Waals surface area (Å²) in [4.78, 5) is 0. The van der Waals surface area contributed by atoms with E-state index in [0.29, 0.717) is 17.0 Å². The summed E-state index contributed by atoms with van der Waals surface area (Å²) in [6.45, 7) is 0. The summed E-state index contributed by atoms with van der Waals surface area (Å²) in [7, 11) is -2.26. The van der Waals surface area contributed by atoms with E-state index in [9.17, 15) is 14.8 Å². The predicted octanol–water partition coefficient (Wildman–Crippen LogP) is 5.84. The first-order valence-electron chi connectivity index (χ1n) is 9.33. The van der Waals surface area contributed by atoms with Crippen LogP contribution in [-0.2, 0) is 10.7 Å². The standard InChI is InChI=1S/C24H18O3P2/c25-21-14-23(22(26)13-20(21)16-7-2-1-3-8-16)29(27)15-17-9-4-5-10-18(17)19-11-6-12-28-24(19)29/h1-14,25-26H,15H2. The third-order valence-electron chi connectivity index (χ3n) is 5.40. The number of hydrogen-bond acceptors (Lipinski definition) is 3. The number of hydrogen-bond donors (Lipinski definition) is 2. The molecule has 0 amide bonds. The van der Waals surface area contributed by atoms with Gasteiger partial charge >= 0.3 is 0 Å². The first-order valence-corrected chi connectivity index (χ1v) is 12.2. The molecule has 1 aromatic heterocycles. The molecule has 0 aliphatic carbocycles. The van der Waals surface area contributed by atoms with Crippen molar-refractivity contribution in [2.75, 3.05) is 0 Å². The Kier molecular flexibility index (Phi) is 4.32. The van der Waals surface area contributed by atoms with E-state index in [1.165, 1.54) is 12.1 Å². The van der Waals surface area contributed by atoms with Crippen LogP contribution in [0.3, 0.4) is 0 Å². The van der Waals surface area contributed by atoms with Crippen molar-refractivity contribution in [1.82, 2.24) is 0 Å². The van der Waals surface area contributed by atoms with Gasteiger partial charge in [-0.15, -0.1) is 0 Å². The number of phenolic OH excluding ortho intramolecular Hbond substituents is 2. The van der Waals surface area contributed by atoms with Crippen molar-refractivity contribution >= 4 is 25.7 Å². The van der Waals surface area contributed by atoms with Crippen LogP contribution in [0.5, 0.6) is 11.5 Å². The van der Waals surface area contributed by atoms with Crippen molar-refractivity contribution in [2.45, 2.75) is 6.16 Å². The topological polar surface area (TPSA) is 57.5 Å². The van der Waals surface area contributed by atoms with Crippen molar-refractivity contribution in [2.24, 2.45) is 0 Å². The van der Waals surface area contributed by atoms with Crippen LogP contribution in [0.4, 0.5) is 0 Å². The Morgan fingerprint density at radius 1 is 0.759 bits per heavy atom. The maximum absolute atomic E-state index is 14.4. The monoisotopic (exact) mass is 416 g/mol. The molecule has 5 heteroatoms. The van der Waals surface area contributed by atoms with Crippen molar-refractivity contribution in [3.63, 3.8) is 0 Å². The Balaban J connectivity index is 1.72. The van der Waals surface area contributed by atoms with E-state index in [0.717, 1.165) is 35.5 Å². The first kappa shape index (κ1) is 18.2. The van der Waals surface area contributed by atoms with E-state index in [2.05, 4.69) is 6.07 Å². The largest absolute Gasteiger partial charge is 0.507 e.